The fraction of sp³-hybridized carbons (Fsp3) is 0.451. The SMILES string of the molecule is CC(=O)O[C@H]1C(=O)[C@@]2(C)C([C@H](OC(=O)c3ccccc3)[C@]3(O)C[C@H](OC(=O)[C@H](OC(=O)CCC(=O)O)[C@@H](NC(=O)c4ccccc4)c4ccccc4)C(C)=C1C3(C)C)[C@]1(OC(C)=O)CO[C@@H]1C[C@@H]2O. The van der Waals surface area contributed by atoms with Crippen molar-refractivity contribution in [2.24, 2.45) is 16.7 Å². The minimum atomic E-state index is -2.50. The molecule has 3 fully saturated rings. The number of carbonyl (C=O) groups is 8. The average molecular weight is 954 g/mol. The molecule has 1 amide bonds. The summed E-state index contributed by atoms with van der Waals surface area (Å²) < 4.78 is 36.3. The predicted molar refractivity (Wildman–Crippen MR) is 238 cm³/mol. The van der Waals surface area contributed by atoms with Crippen molar-refractivity contribution in [1.82, 2.24) is 5.32 Å². The number of hydrogen-bond donors (Lipinski definition) is 4. The second-order valence-electron chi connectivity index (χ2n) is 18.7. The van der Waals surface area contributed by atoms with Gasteiger partial charge >= 0.3 is 35.8 Å². The molecule has 0 radical (unpaired) electrons. The molecule has 366 valence electrons. The summed E-state index contributed by atoms with van der Waals surface area (Å²) in [5.41, 5.74) is -7.77. The Kier molecular flexibility index (Phi) is 14.0. The summed E-state index contributed by atoms with van der Waals surface area (Å²) in [6, 6.07) is 22.1. The predicted octanol–water partition coefficient (Wildman–Crippen LogP) is 4.15. The Morgan fingerprint density at radius 3 is 1.96 bits per heavy atom. The van der Waals surface area contributed by atoms with Crippen LogP contribution in [-0.2, 0) is 57.2 Å². The van der Waals surface area contributed by atoms with Gasteiger partial charge in [-0.15, -0.1) is 0 Å². The number of amides is 1. The molecule has 0 aromatic heterocycles. The van der Waals surface area contributed by atoms with Gasteiger partial charge in [0.2, 0.25) is 6.10 Å². The largest absolute Gasteiger partial charge is 0.481 e. The Morgan fingerprint density at radius 2 is 1.41 bits per heavy atom. The smallest absolute Gasteiger partial charge is 0.350 e. The van der Waals surface area contributed by atoms with Gasteiger partial charge in [-0.2, -0.15) is 0 Å². The zero-order valence-electron chi connectivity index (χ0n) is 38.9. The van der Waals surface area contributed by atoms with E-state index in [0.717, 1.165) is 13.8 Å². The van der Waals surface area contributed by atoms with Crippen LogP contribution >= 0.6 is 0 Å². The Balaban J connectivity index is 1.42. The third-order valence-electron chi connectivity index (χ3n) is 14.3. The molecule has 1 heterocycles. The van der Waals surface area contributed by atoms with Crippen LogP contribution in [0.15, 0.2) is 102 Å². The summed E-state index contributed by atoms with van der Waals surface area (Å²) in [5, 5.41) is 38.2. The van der Waals surface area contributed by atoms with E-state index in [2.05, 4.69) is 5.32 Å². The first-order chi connectivity index (χ1) is 32.6. The Bertz CT molecular complexity index is 2550. The van der Waals surface area contributed by atoms with Crippen LogP contribution in [0.4, 0.5) is 0 Å². The van der Waals surface area contributed by atoms with E-state index < -0.39 is 137 Å². The van der Waals surface area contributed by atoms with Gasteiger partial charge in [-0.05, 0) is 54.8 Å². The number of nitrogens with one attached hydrogen (secondary N) is 1. The summed E-state index contributed by atoms with van der Waals surface area (Å²) in [4.78, 5) is 110. The number of rotatable bonds is 14. The maximum atomic E-state index is 15.7. The van der Waals surface area contributed by atoms with Crippen molar-refractivity contribution in [3.8, 4) is 0 Å². The van der Waals surface area contributed by atoms with Gasteiger partial charge in [0.15, 0.2) is 17.5 Å². The number of aliphatic hydroxyl groups excluding tert-OH is 1. The standard InChI is InChI=1S/C51H55NO17/c1-27-33(66-47(62)41(67-37(58)23-22-36(56)57)39(30-16-10-7-11-17-30)52-45(60)31-18-12-8-13-19-31)25-51(63)44(68-46(61)32-20-14-9-15-21-32)42-49(6,34(55)24-35-50(42,26-64-35)69-29(3)54)43(59)40(65-28(2)53)38(27)48(51,4)5/h7-21,33-35,39-42,44,55,63H,22-26H2,1-6H3,(H,52,60)(H,56,57)/t33-,34-,35+,39-,40+,41+,42?,44-,49+,50-,51+/m0/s1. The highest BCUT2D eigenvalue weighted by molar-refractivity contribution is 5.96. The number of carboxylic acids is 1. The lowest BCUT2D eigenvalue weighted by Gasteiger charge is -2.67. The molecule has 11 atom stereocenters. The van der Waals surface area contributed by atoms with E-state index in [1.807, 2.05) is 0 Å². The molecule has 4 N–H and O–H groups in total. The summed E-state index contributed by atoms with van der Waals surface area (Å²) in [6.07, 6.45) is -12.5. The lowest BCUT2D eigenvalue weighted by Crippen LogP contribution is -2.82. The maximum Gasteiger partial charge on any atom is 0.350 e. The molecule has 1 saturated heterocycles. The Hall–Kier alpha value is -6.76. The van der Waals surface area contributed by atoms with Crippen molar-refractivity contribution in [2.75, 3.05) is 6.61 Å². The number of Topliss-reactive ketones (excluding diaryl/α,β-unsaturated/α-hetero) is 1. The maximum absolute atomic E-state index is 15.7. The van der Waals surface area contributed by atoms with Crippen molar-refractivity contribution >= 4 is 47.5 Å². The second kappa shape index (κ2) is 19.3. The first-order valence-corrected chi connectivity index (χ1v) is 22.5. The van der Waals surface area contributed by atoms with Crippen LogP contribution in [0.5, 0.6) is 0 Å². The highest BCUT2D eigenvalue weighted by atomic mass is 16.6. The molecule has 18 heteroatoms. The summed E-state index contributed by atoms with van der Waals surface area (Å²) in [7, 11) is 0. The van der Waals surface area contributed by atoms with Crippen molar-refractivity contribution in [2.45, 2.75) is 121 Å². The third kappa shape index (κ3) is 9.15. The minimum Gasteiger partial charge on any atom is -0.481 e. The molecule has 2 saturated carbocycles. The number of ketones is 1. The lowest BCUT2D eigenvalue weighted by molar-refractivity contribution is -0.346. The topological polar surface area (TPSA) is 265 Å². The zero-order valence-corrected chi connectivity index (χ0v) is 38.9. The molecule has 69 heavy (non-hydrogen) atoms. The van der Waals surface area contributed by atoms with Crippen LogP contribution in [0.2, 0.25) is 0 Å². The number of carboxylic acid groups (broad SMARTS) is 1. The third-order valence-corrected chi connectivity index (χ3v) is 14.3. The number of esters is 5. The van der Waals surface area contributed by atoms with Gasteiger partial charge in [-0.1, -0.05) is 80.6 Å². The first kappa shape index (κ1) is 50.1. The van der Waals surface area contributed by atoms with E-state index >= 15 is 9.59 Å². The molecule has 7 rings (SSSR count). The number of aliphatic carboxylic acids is 1. The number of fused-ring (bicyclic) bond motifs is 5. The van der Waals surface area contributed by atoms with Crippen LogP contribution in [0.1, 0.15) is 99.5 Å². The molecule has 2 bridgehead atoms. The minimum absolute atomic E-state index is 0.0221. The number of hydrogen-bond acceptors (Lipinski definition) is 16. The fourth-order valence-electron chi connectivity index (χ4n) is 10.7. The van der Waals surface area contributed by atoms with Gasteiger partial charge < -0.3 is 49.1 Å². The molecular formula is C51H55NO17. The van der Waals surface area contributed by atoms with Crippen LogP contribution in [0.25, 0.3) is 0 Å². The van der Waals surface area contributed by atoms with Crippen LogP contribution < -0.4 is 5.32 Å². The van der Waals surface area contributed by atoms with Crippen LogP contribution in [-0.4, -0.2) is 117 Å². The summed E-state index contributed by atoms with van der Waals surface area (Å²) in [6.45, 7) is 7.68. The average Bonchev–Trinajstić information content (AvgIpc) is 3.30. The molecule has 18 nitrogen and oxygen atoms in total. The van der Waals surface area contributed by atoms with E-state index in [1.54, 1.807) is 66.7 Å². The van der Waals surface area contributed by atoms with Crippen molar-refractivity contribution in [3.63, 3.8) is 0 Å². The number of ether oxygens (including phenoxy) is 6. The van der Waals surface area contributed by atoms with E-state index in [-0.39, 0.29) is 40.9 Å². The molecule has 1 aliphatic heterocycles. The van der Waals surface area contributed by atoms with Crippen molar-refractivity contribution in [1.29, 1.82) is 0 Å². The number of aliphatic hydroxyl groups is 2. The Labute approximate surface area is 397 Å². The number of carbonyl (C=O) groups excluding carboxylic acids is 7. The second-order valence-corrected chi connectivity index (χ2v) is 18.7. The van der Waals surface area contributed by atoms with Gasteiger partial charge in [-0.25, -0.2) is 9.59 Å². The zero-order chi connectivity index (χ0) is 50.2. The molecule has 1 unspecified atom stereocenters. The van der Waals surface area contributed by atoms with Crippen molar-refractivity contribution < 1.29 is 82.1 Å². The molecule has 3 aromatic carbocycles. The van der Waals surface area contributed by atoms with Crippen LogP contribution in [0, 0.1) is 16.7 Å². The molecule has 0 spiro atoms. The van der Waals surface area contributed by atoms with Gasteiger partial charge in [0.1, 0.15) is 30.0 Å². The summed E-state index contributed by atoms with van der Waals surface area (Å²) >= 11 is 0. The first-order valence-electron chi connectivity index (χ1n) is 22.5. The lowest BCUT2D eigenvalue weighted by atomic mass is 9.44. The molecule has 4 aliphatic rings. The quantitative estimate of drug-likeness (QED) is 0.100. The monoisotopic (exact) mass is 953 g/mol. The van der Waals surface area contributed by atoms with E-state index in [4.69, 9.17) is 28.4 Å². The normalized spacial score (nSPS) is 29.7. The highest BCUT2D eigenvalue weighted by Gasteiger charge is 2.78. The van der Waals surface area contributed by atoms with E-state index in [9.17, 15) is 44.1 Å². The number of benzene rings is 3. The van der Waals surface area contributed by atoms with Crippen LogP contribution in [0.3, 0.4) is 0 Å². The van der Waals surface area contributed by atoms with Gasteiger partial charge in [0.05, 0.1) is 42.4 Å². The van der Waals surface area contributed by atoms with Crippen molar-refractivity contribution in [3.05, 3.63) is 119 Å². The van der Waals surface area contributed by atoms with E-state index in [0.29, 0.717) is 0 Å². The molecular weight excluding hydrogens is 899 g/mol. The fourth-order valence-corrected chi connectivity index (χ4v) is 10.7. The molecule has 3 aromatic rings. The van der Waals surface area contributed by atoms with Gasteiger partial charge in [-0.3, -0.25) is 28.8 Å². The Morgan fingerprint density at radius 1 is 0.812 bits per heavy atom. The van der Waals surface area contributed by atoms with Gasteiger partial charge in [0.25, 0.3) is 5.91 Å². The highest BCUT2D eigenvalue weighted by Crippen LogP contribution is 2.64. The van der Waals surface area contributed by atoms with E-state index in [1.165, 1.54) is 52.0 Å². The van der Waals surface area contributed by atoms with Gasteiger partial charge in [0, 0.05) is 37.7 Å². The summed E-state index contributed by atoms with van der Waals surface area (Å²) in [5.74, 6) is -9.78. The molecule has 3 aliphatic carbocycles.